The van der Waals surface area contributed by atoms with Gasteiger partial charge in [-0.3, -0.25) is 4.79 Å². The Bertz CT molecular complexity index is 502. The van der Waals surface area contributed by atoms with Crippen LogP contribution in [0.2, 0.25) is 5.02 Å². The fourth-order valence-electron chi connectivity index (χ4n) is 2.27. The first-order chi connectivity index (χ1) is 10.2. The van der Waals surface area contributed by atoms with E-state index in [1.165, 1.54) is 0 Å². The molecule has 1 heterocycles. The van der Waals surface area contributed by atoms with Gasteiger partial charge < -0.3 is 19.7 Å². The van der Waals surface area contributed by atoms with E-state index in [0.717, 1.165) is 13.1 Å². The van der Waals surface area contributed by atoms with E-state index in [-0.39, 0.29) is 5.91 Å². The lowest BCUT2D eigenvalue weighted by atomic mass is 10.1. The van der Waals surface area contributed by atoms with Gasteiger partial charge in [-0.05, 0) is 19.9 Å². The van der Waals surface area contributed by atoms with Crippen molar-refractivity contribution in [2.75, 3.05) is 39.4 Å². The maximum Gasteiger partial charge on any atom is 0.255 e. The third-order valence-electron chi connectivity index (χ3n) is 3.27. The third-order valence-corrected chi connectivity index (χ3v) is 3.58. The molecule has 0 spiro atoms. The van der Waals surface area contributed by atoms with E-state index in [4.69, 9.17) is 21.1 Å². The minimum absolute atomic E-state index is 0.0644. The monoisotopic (exact) mass is 312 g/mol. The number of nitrogens with zero attached hydrogens (tertiary/aromatic N) is 1. The summed E-state index contributed by atoms with van der Waals surface area (Å²) in [7, 11) is 0. The van der Waals surface area contributed by atoms with Crippen LogP contribution in [0.1, 0.15) is 24.2 Å². The Morgan fingerprint density at radius 3 is 2.33 bits per heavy atom. The second kappa shape index (κ2) is 7.52. The molecule has 0 bridgehead atoms. The minimum atomic E-state index is -0.0644. The van der Waals surface area contributed by atoms with Crippen LogP contribution in [-0.4, -0.2) is 50.2 Å². The molecule has 0 unspecified atom stereocenters. The average Bonchev–Trinajstić information content (AvgIpc) is 2.50. The SMILES string of the molecule is CCOc1cc(Cl)c(C(=O)N2CCNCC2)cc1OCC. The van der Waals surface area contributed by atoms with Crippen LogP contribution in [0.15, 0.2) is 12.1 Å². The molecule has 21 heavy (non-hydrogen) atoms. The van der Waals surface area contributed by atoms with Crippen LogP contribution < -0.4 is 14.8 Å². The molecule has 0 aliphatic carbocycles. The molecule has 1 saturated heterocycles. The molecule has 116 valence electrons. The number of nitrogens with one attached hydrogen (secondary N) is 1. The van der Waals surface area contributed by atoms with Crippen LogP contribution in [0.5, 0.6) is 11.5 Å². The summed E-state index contributed by atoms with van der Waals surface area (Å²) in [6.07, 6.45) is 0. The lowest BCUT2D eigenvalue weighted by Gasteiger charge is -2.28. The van der Waals surface area contributed by atoms with Gasteiger partial charge in [0, 0.05) is 32.2 Å². The molecule has 0 radical (unpaired) electrons. The van der Waals surface area contributed by atoms with E-state index < -0.39 is 0 Å². The number of halogens is 1. The molecular weight excluding hydrogens is 292 g/mol. The molecule has 1 aliphatic rings. The van der Waals surface area contributed by atoms with Crippen molar-refractivity contribution in [2.45, 2.75) is 13.8 Å². The van der Waals surface area contributed by atoms with Crippen LogP contribution in [-0.2, 0) is 0 Å². The summed E-state index contributed by atoms with van der Waals surface area (Å²) >= 11 is 6.25. The molecule has 5 nitrogen and oxygen atoms in total. The molecule has 1 aliphatic heterocycles. The normalized spacial score (nSPS) is 14.9. The fourth-order valence-corrected chi connectivity index (χ4v) is 2.51. The van der Waals surface area contributed by atoms with Gasteiger partial charge in [0.25, 0.3) is 5.91 Å². The van der Waals surface area contributed by atoms with Gasteiger partial charge in [0.1, 0.15) is 0 Å². The summed E-state index contributed by atoms with van der Waals surface area (Å²) in [5, 5.41) is 3.62. The molecule has 2 rings (SSSR count). The van der Waals surface area contributed by atoms with E-state index >= 15 is 0 Å². The molecule has 1 fully saturated rings. The average molecular weight is 313 g/mol. The Hall–Kier alpha value is -1.46. The van der Waals surface area contributed by atoms with Gasteiger partial charge in [0.2, 0.25) is 0 Å². The predicted molar refractivity (Wildman–Crippen MR) is 82.6 cm³/mol. The largest absolute Gasteiger partial charge is 0.490 e. The summed E-state index contributed by atoms with van der Waals surface area (Å²) in [6.45, 7) is 7.78. The maximum absolute atomic E-state index is 12.6. The second-order valence-corrected chi connectivity index (χ2v) is 5.09. The zero-order valence-corrected chi connectivity index (χ0v) is 13.2. The quantitative estimate of drug-likeness (QED) is 0.905. The van der Waals surface area contributed by atoms with Gasteiger partial charge in [0.15, 0.2) is 11.5 Å². The van der Waals surface area contributed by atoms with Gasteiger partial charge in [-0.1, -0.05) is 11.6 Å². The van der Waals surface area contributed by atoms with Crippen LogP contribution in [0.3, 0.4) is 0 Å². The summed E-state index contributed by atoms with van der Waals surface area (Å²) in [4.78, 5) is 14.4. The molecule has 0 saturated carbocycles. The number of amides is 1. The van der Waals surface area contributed by atoms with Gasteiger partial charge in [-0.15, -0.1) is 0 Å². The van der Waals surface area contributed by atoms with Crippen molar-refractivity contribution in [1.29, 1.82) is 0 Å². The number of piperazine rings is 1. The lowest BCUT2D eigenvalue weighted by Crippen LogP contribution is -2.46. The minimum Gasteiger partial charge on any atom is -0.490 e. The van der Waals surface area contributed by atoms with E-state index in [1.54, 1.807) is 17.0 Å². The molecule has 1 aromatic carbocycles. The number of benzene rings is 1. The standard InChI is InChI=1S/C15H21ClN2O3/c1-3-20-13-9-11(12(16)10-14(13)21-4-2)15(19)18-7-5-17-6-8-18/h9-10,17H,3-8H2,1-2H3. The van der Waals surface area contributed by atoms with Crippen molar-refractivity contribution >= 4 is 17.5 Å². The smallest absolute Gasteiger partial charge is 0.255 e. The Kier molecular flexibility index (Phi) is 5.70. The van der Waals surface area contributed by atoms with Crippen molar-refractivity contribution in [2.24, 2.45) is 0 Å². The number of carbonyl (C=O) groups excluding carboxylic acids is 1. The van der Waals surface area contributed by atoms with Crippen LogP contribution in [0.25, 0.3) is 0 Å². The Labute approximate surface area is 130 Å². The highest BCUT2D eigenvalue weighted by atomic mass is 35.5. The molecule has 0 atom stereocenters. The van der Waals surface area contributed by atoms with E-state index in [0.29, 0.717) is 48.4 Å². The van der Waals surface area contributed by atoms with Crippen molar-refractivity contribution in [1.82, 2.24) is 10.2 Å². The van der Waals surface area contributed by atoms with E-state index in [1.807, 2.05) is 13.8 Å². The Morgan fingerprint density at radius 2 is 1.76 bits per heavy atom. The topological polar surface area (TPSA) is 50.8 Å². The number of carbonyl (C=O) groups is 1. The van der Waals surface area contributed by atoms with Crippen LogP contribution in [0, 0.1) is 0 Å². The Balaban J connectivity index is 2.29. The molecular formula is C15H21ClN2O3. The number of hydrogen-bond donors (Lipinski definition) is 1. The zero-order valence-electron chi connectivity index (χ0n) is 12.4. The molecule has 6 heteroatoms. The van der Waals surface area contributed by atoms with E-state index in [2.05, 4.69) is 5.32 Å². The fraction of sp³-hybridized carbons (Fsp3) is 0.533. The second-order valence-electron chi connectivity index (χ2n) is 4.69. The summed E-state index contributed by atoms with van der Waals surface area (Å²) in [5.74, 6) is 1.06. The number of rotatable bonds is 5. The Morgan fingerprint density at radius 1 is 1.19 bits per heavy atom. The number of ether oxygens (including phenoxy) is 2. The highest BCUT2D eigenvalue weighted by molar-refractivity contribution is 6.34. The van der Waals surface area contributed by atoms with Gasteiger partial charge in [0.05, 0.1) is 23.8 Å². The van der Waals surface area contributed by atoms with Crippen molar-refractivity contribution in [3.8, 4) is 11.5 Å². The summed E-state index contributed by atoms with van der Waals surface area (Å²) in [6, 6.07) is 3.34. The molecule has 1 N–H and O–H groups in total. The van der Waals surface area contributed by atoms with Crippen LogP contribution >= 0.6 is 11.6 Å². The summed E-state index contributed by atoms with van der Waals surface area (Å²) < 4.78 is 11.1. The first kappa shape index (κ1) is 15.9. The first-order valence-electron chi connectivity index (χ1n) is 7.26. The van der Waals surface area contributed by atoms with E-state index in [9.17, 15) is 4.79 Å². The van der Waals surface area contributed by atoms with Crippen molar-refractivity contribution in [3.05, 3.63) is 22.7 Å². The molecule has 1 aromatic rings. The van der Waals surface area contributed by atoms with Gasteiger partial charge in [-0.2, -0.15) is 0 Å². The van der Waals surface area contributed by atoms with Gasteiger partial charge >= 0.3 is 0 Å². The van der Waals surface area contributed by atoms with Gasteiger partial charge in [-0.25, -0.2) is 0 Å². The lowest BCUT2D eigenvalue weighted by molar-refractivity contribution is 0.0735. The first-order valence-corrected chi connectivity index (χ1v) is 7.64. The predicted octanol–water partition coefficient (Wildman–Crippen LogP) is 2.18. The highest BCUT2D eigenvalue weighted by Gasteiger charge is 2.22. The zero-order chi connectivity index (χ0) is 15.2. The third kappa shape index (κ3) is 3.80. The molecule has 0 aromatic heterocycles. The molecule has 1 amide bonds. The van der Waals surface area contributed by atoms with Crippen LogP contribution in [0.4, 0.5) is 0 Å². The number of hydrogen-bond acceptors (Lipinski definition) is 4. The van der Waals surface area contributed by atoms with Crippen molar-refractivity contribution < 1.29 is 14.3 Å². The summed E-state index contributed by atoms with van der Waals surface area (Å²) in [5.41, 5.74) is 0.463. The highest BCUT2D eigenvalue weighted by Crippen LogP contribution is 2.34. The van der Waals surface area contributed by atoms with Crippen molar-refractivity contribution in [3.63, 3.8) is 0 Å². The maximum atomic E-state index is 12.6.